The second-order valence-electron chi connectivity index (χ2n) is 8.39. The SMILES string of the molecule is CCc1c(-c2ccc(F)cc2)nn(CC2CC2)c1Nc1cc(-n2nc(C)cc2C)ncn1. The van der Waals surface area contributed by atoms with Crippen LogP contribution in [0.2, 0.25) is 0 Å². The van der Waals surface area contributed by atoms with Crippen molar-refractivity contribution in [2.24, 2.45) is 5.92 Å². The van der Waals surface area contributed by atoms with Crippen LogP contribution in [-0.2, 0) is 13.0 Å². The van der Waals surface area contributed by atoms with Gasteiger partial charge in [0.2, 0.25) is 0 Å². The summed E-state index contributed by atoms with van der Waals surface area (Å²) in [5.41, 5.74) is 4.83. The Morgan fingerprint density at radius 3 is 2.50 bits per heavy atom. The van der Waals surface area contributed by atoms with E-state index in [0.717, 1.165) is 47.0 Å². The molecule has 1 aromatic carbocycles. The predicted molar refractivity (Wildman–Crippen MR) is 122 cm³/mol. The molecule has 7 nitrogen and oxygen atoms in total. The fourth-order valence-corrected chi connectivity index (χ4v) is 4.00. The van der Waals surface area contributed by atoms with E-state index in [4.69, 9.17) is 5.10 Å². The normalized spacial score (nSPS) is 13.5. The molecule has 1 aliphatic rings. The number of aromatic nitrogens is 6. The number of anilines is 2. The van der Waals surface area contributed by atoms with Crippen LogP contribution in [0.4, 0.5) is 16.0 Å². The molecule has 5 rings (SSSR count). The monoisotopic (exact) mass is 431 g/mol. The largest absolute Gasteiger partial charge is 0.325 e. The van der Waals surface area contributed by atoms with Crippen LogP contribution in [0.1, 0.15) is 36.7 Å². The molecule has 1 N–H and O–H groups in total. The van der Waals surface area contributed by atoms with Gasteiger partial charge in [0, 0.05) is 29.4 Å². The van der Waals surface area contributed by atoms with Crippen LogP contribution in [-0.4, -0.2) is 29.5 Å². The molecule has 0 spiro atoms. The van der Waals surface area contributed by atoms with Gasteiger partial charge < -0.3 is 5.32 Å². The maximum atomic E-state index is 13.5. The molecule has 3 heterocycles. The Bertz CT molecular complexity index is 1250. The van der Waals surface area contributed by atoms with Gasteiger partial charge in [-0.3, -0.25) is 0 Å². The van der Waals surface area contributed by atoms with Gasteiger partial charge in [0.15, 0.2) is 5.82 Å². The molecule has 0 atom stereocenters. The van der Waals surface area contributed by atoms with Gasteiger partial charge in [0.1, 0.15) is 23.8 Å². The molecule has 4 aromatic rings. The van der Waals surface area contributed by atoms with Crippen LogP contribution < -0.4 is 5.32 Å². The Balaban J connectivity index is 1.54. The van der Waals surface area contributed by atoms with Crippen molar-refractivity contribution in [1.29, 1.82) is 0 Å². The maximum absolute atomic E-state index is 13.5. The minimum atomic E-state index is -0.250. The highest BCUT2D eigenvalue weighted by Gasteiger charge is 2.26. The summed E-state index contributed by atoms with van der Waals surface area (Å²) >= 11 is 0. The summed E-state index contributed by atoms with van der Waals surface area (Å²) in [6.45, 7) is 6.93. The van der Waals surface area contributed by atoms with E-state index < -0.39 is 0 Å². The number of nitrogens with one attached hydrogen (secondary N) is 1. The maximum Gasteiger partial charge on any atom is 0.159 e. The third-order valence-corrected chi connectivity index (χ3v) is 5.78. The molecule has 1 saturated carbocycles. The van der Waals surface area contributed by atoms with E-state index in [9.17, 15) is 4.39 Å². The lowest BCUT2D eigenvalue weighted by molar-refractivity contribution is 0.571. The van der Waals surface area contributed by atoms with Crippen LogP contribution in [0, 0.1) is 25.6 Å². The third kappa shape index (κ3) is 4.00. The quantitative estimate of drug-likeness (QED) is 0.446. The number of rotatable bonds is 7. The summed E-state index contributed by atoms with van der Waals surface area (Å²) < 4.78 is 17.3. The van der Waals surface area contributed by atoms with Crippen molar-refractivity contribution >= 4 is 11.6 Å². The van der Waals surface area contributed by atoms with E-state index in [2.05, 4.69) is 27.3 Å². The highest BCUT2D eigenvalue weighted by Crippen LogP contribution is 2.36. The van der Waals surface area contributed by atoms with Crippen LogP contribution in [0.15, 0.2) is 42.7 Å². The van der Waals surface area contributed by atoms with Crippen molar-refractivity contribution in [2.45, 2.75) is 46.6 Å². The van der Waals surface area contributed by atoms with Crippen molar-refractivity contribution in [2.75, 3.05) is 5.32 Å². The van der Waals surface area contributed by atoms with Crippen molar-refractivity contribution in [3.8, 4) is 17.1 Å². The first kappa shape index (κ1) is 20.4. The second kappa shape index (κ2) is 8.18. The van der Waals surface area contributed by atoms with E-state index >= 15 is 0 Å². The zero-order valence-electron chi connectivity index (χ0n) is 18.5. The Labute approximate surface area is 186 Å². The highest BCUT2D eigenvalue weighted by molar-refractivity contribution is 5.72. The standard InChI is InChI=1S/C24H26FN7/c1-4-20-23(18-7-9-19(25)10-8-18)30-31(13-17-5-6-17)24(20)28-21-12-22(27-14-26-21)32-16(3)11-15(2)29-32/h7-12,14,17H,4-6,13H2,1-3H3,(H,26,27,28). The lowest BCUT2D eigenvalue weighted by Gasteiger charge is -2.12. The van der Waals surface area contributed by atoms with E-state index in [-0.39, 0.29) is 5.82 Å². The molecule has 32 heavy (non-hydrogen) atoms. The van der Waals surface area contributed by atoms with Crippen molar-refractivity contribution in [3.05, 3.63) is 65.5 Å². The molecule has 1 aliphatic carbocycles. The topological polar surface area (TPSA) is 73.5 Å². The Morgan fingerprint density at radius 2 is 1.84 bits per heavy atom. The number of nitrogens with zero attached hydrogens (tertiary/aromatic N) is 6. The van der Waals surface area contributed by atoms with Gasteiger partial charge in [-0.25, -0.2) is 23.7 Å². The number of aryl methyl sites for hydroxylation is 2. The Kier molecular flexibility index (Phi) is 5.20. The van der Waals surface area contributed by atoms with E-state index in [0.29, 0.717) is 17.6 Å². The van der Waals surface area contributed by atoms with Gasteiger partial charge in [0.05, 0.1) is 11.4 Å². The summed E-state index contributed by atoms with van der Waals surface area (Å²) in [4.78, 5) is 8.85. The minimum absolute atomic E-state index is 0.250. The van der Waals surface area contributed by atoms with Crippen molar-refractivity contribution in [1.82, 2.24) is 29.5 Å². The first-order valence-corrected chi connectivity index (χ1v) is 11.0. The molecule has 3 aromatic heterocycles. The van der Waals surface area contributed by atoms with E-state index in [1.165, 1.54) is 25.0 Å². The lowest BCUT2D eigenvalue weighted by atomic mass is 10.1. The van der Waals surface area contributed by atoms with Gasteiger partial charge in [-0.2, -0.15) is 10.2 Å². The van der Waals surface area contributed by atoms with Gasteiger partial charge in [-0.05, 0) is 69.4 Å². The first-order chi connectivity index (χ1) is 15.5. The zero-order chi connectivity index (χ0) is 22.2. The van der Waals surface area contributed by atoms with Crippen LogP contribution in [0.25, 0.3) is 17.1 Å². The van der Waals surface area contributed by atoms with Crippen molar-refractivity contribution in [3.63, 3.8) is 0 Å². The fourth-order valence-electron chi connectivity index (χ4n) is 4.00. The highest BCUT2D eigenvalue weighted by atomic mass is 19.1. The Morgan fingerprint density at radius 1 is 1.06 bits per heavy atom. The van der Waals surface area contributed by atoms with Gasteiger partial charge in [0.25, 0.3) is 0 Å². The van der Waals surface area contributed by atoms with E-state index in [1.807, 2.05) is 35.3 Å². The summed E-state index contributed by atoms with van der Waals surface area (Å²) in [6.07, 6.45) is 4.78. The number of benzene rings is 1. The van der Waals surface area contributed by atoms with Crippen molar-refractivity contribution < 1.29 is 4.39 Å². The average molecular weight is 432 g/mol. The molecular formula is C24H26FN7. The lowest BCUT2D eigenvalue weighted by Crippen LogP contribution is -2.09. The second-order valence-corrected chi connectivity index (χ2v) is 8.39. The number of hydrogen-bond donors (Lipinski definition) is 1. The minimum Gasteiger partial charge on any atom is -0.325 e. The van der Waals surface area contributed by atoms with Gasteiger partial charge in [-0.15, -0.1) is 0 Å². The molecule has 0 aliphatic heterocycles. The summed E-state index contributed by atoms with van der Waals surface area (Å²) in [6, 6.07) is 10.4. The fraction of sp³-hybridized carbons (Fsp3) is 0.333. The smallest absolute Gasteiger partial charge is 0.159 e. The van der Waals surface area contributed by atoms with Crippen LogP contribution in [0.5, 0.6) is 0 Å². The molecule has 164 valence electrons. The molecule has 0 amide bonds. The average Bonchev–Trinajstić information content (AvgIpc) is 3.45. The Hall–Kier alpha value is -3.55. The molecule has 0 radical (unpaired) electrons. The molecule has 0 bridgehead atoms. The number of halogens is 1. The van der Waals surface area contributed by atoms with Gasteiger partial charge in [-0.1, -0.05) is 6.92 Å². The molecule has 8 heteroatoms. The summed E-state index contributed by atoms with van der Waals surface area (Å²) in [5, 5.41) is 13.0. The van der Waals surface area contributed by atoms with Crippen LogP contribution >= 0.6 is 0 Å². The summed E-state index contributed by atoms with van der Waals surface area (Å²) in [5.74, 6) is 2.71. The number of hydrogen-bond acceptors (Lipinski definition) is 5. The summed E-state index contributed by atoms with van der Waals surface area (Å²) in [7, 11) is 0. The predicted octanol–water partition coefficient (Wildman–Crippen LogP) is 5.00. The van der Waals surface area contributed by atoms with Gasteiger partial charge >= 0.3 is 0 Å². The third-order valence-electron chi connectivity index (χ3n) is 5.78. The molecule has 0 saturated heterocycles. The zero-order valence-corrected chi connectivity index (χ0v) is 18.5. The molecule has 0 unspecified atom stereocenters. The molecule has 1 fully saturated rings. The van der Waals surface area contributed by atoms with E-state index in [1.54, 1.807) is 18.5 Å². The van der Waals surface area contributed by atoms with Crippen LogP contribution in [0.3, 0.4) is 0 Å². The molecular weight excluding hydrogens is 405 g/mol. The first-order valence-electron chi connectivity index (χ1n) is 11.0.